The summed E-state index contributed by atoms with van der Waals surface area (Å²) in [5.74, 6) is 0. The zero-order valence-electron chi connectivity index (χ0n) is 26.0. The third kappa shape index (κ3) is 5.99. The number of nitrogens with zero attached hydrogens (tertiary/aromatic N) is 6. The van der Waals surface area contributed by atoms with Gasteiger partial charge in [0.2, 0.25) is 0 Å². The maximum Gasteiger partial charge on any atom is 0.0247 e. The lowest BCUT2D eigenvalue weighted by Gasteiger charge is -2.61. The Hall–Kier alpha value is -0.240. The van der Waals surface area contributed by atoms with Gasteiger partial charge in [0.15, 0.2) is 0 Å². The molecule has 8 heterocycles. The first-order valence-electron chi connectivity index (χ1n) is 14.9. The normalized spacial score (nSPS) is 38.0. The number of piperazine rings is 3. The van der Waals surface area contributed by atoms with E-state index >= 15 is 0 Å². The summed E-state index contributed by atoms with van der Waals surface area (Å²) < 4.78 is 0. The fourth-order valence-corrected chi connectivity index (χ4v) is 7.95. The third-order valence-corrected chi connectivity index (χ3v) is 10.0. The van der Waals surface area contributed by atoms with Crippen LogP contribution in [0.25, 0.3) is 0 Å². The van der Waals surface area contributed by atoms with Gasteiger partial charge in [0.1, 0.15) is 0 Å². The smallest absolute Gasteiger partial charge is 0.0247 e. The molecule has 6 heteroatoms. The molecule has 0 aliphatic carbocycles. The number of likely N-dealkylation sites (tertiary alicyclic amines) is 2. The SMILES string of the molecule is CN1C2CC1CN(C(C)(C)C)C2.CN1CC2CC(C1)N2C(C)(C)C.CN1CC2CC1CN2C(C)(C)C. The number of hydrogen-bond acceptors (Lipinski definition) is 6. The summed E-state index contributed by atoms with van der Waals surface area (Å²) >= 11 is 0. The van der Waals surface area contributed by atoms with Crippen molar-refractivity contribution in [2.75, 3.05) is 60.4 Å². The van der Waals surface area contributed by atoms with E-state index in [1.807, 2.05) is 0 Å². The standard InChI is InChI=1S/3C10H20N2/c1-10(2,3)12-7-8-5-9(12)6-11(8)4;1-10(2,3)12-6-8-5-9(7-12)11(8)4;1-10(2,3)12-8-5-9(12)7-11(4)6-8/h3*8-9H,5-7H2,1-4H3. The van der Waals surface area contributed by atoms with Gasteiger partial charge in [-0.3, -0.25) is 19.6 Å². The molecule has 8 aliphatic rings. The minimum atomic E-state index is 0.373. The maximum atomic E-state index is 2.69. The second kappa shape index (κ2) is 10.1. The molecule has 0 aromatic carbocycles. The van der Waals surface area contributed by atoms with Crippen molar-refractivity contribution in [1.29, 1.82) is 0 Å². The summed E-state index contributed by atoms with van der Waals surface area (Å²) in [7, 11) is 6.75. The van der Waals surface area contributed by atoms with E-state index in [2.05, 4.69) is 113 Å². The van der Waals surface area contributed by atoms with Crippen molar-refractivity contribution in [3.63, 3.8) is 0 Å². The predicted octanol–water partition coefficient (Wildman–Crippen LogP) is 3.52. The van der Waals surface area contributed by atoms with Crippen LogP contribution in [0.2, 0.25) is 0 Å². The first kappa shape index (κ1) is 28.8. The van der Waals surface area contributed by atoms with Gasteiger partial charge in [0.05, 0.1) is 0 Å². The number of hydrogen-bond donors (Lipinski definition) is 0. The Morgan fingerprint density at radius 1 is 0.472 bits per heavy atom. The van der Waals surface area contributed by atoms with Crippen molar-refractivity contribution in [2.45, 2.75) is 134 Å². The van der Waals surface area contributed by atoms with Crippen LogP contribution in [0.5, 0.6) is 0 Å². The van der Waals surface area contributed by atoms with Gasteiger partial charge in [0, 0.05) is 92.1 Å². The zero-order valence-corrected chi connectivity index (χ0v) is 26.0. The summed E-state index contributed by atoms with van der Waals surface area (Å²) in [4.78, 5) is 15.5. The molecule has 6 bridgehead atoms. The van der Waals surface area contributed by atoms with E-state index in [-0.39, 0.29) is 0 Å². The van der Waals surface area contributed by atoms with Gasteiger partial charge in [-0.2, -0.15) is 0 Å². The van der Waals surface area contributed by atoms with Crippen LogP contribution in [-0.2, 0) is 0 Å². The molecule has 0 aromatic heterocycles. The van der Waals surface area contributed by atoms with Crippen LogP contribution in [0.4, 0.5) is 0 Å². The maximum absolute atomic E-state index is 2.69. The summed E-state index contributed by atoms with van der Waals surface area (Å²) in [5.41, 5.74) is 1.13. The molecule has 8 rings (SSSR count). The fraction of sp³-hybridized carbons (Fsp3) is 1.00. The lowest BCUT2D eigenvalue weighted by atomic mass is 9.82. The van der Waals surface area contributed by atoms with Crippen LogP contribution in [-0.4, -0.2) is 143 Å². The molecule has 0 radical (unpaired) electrons. The van der Waals surface area contributed by atoms with Gasteiger partial charge in [-0.05, 0) is 103 Å². The van der Waals surface area contributed by atoms with E-state index in [1.54, 1.807) is 0 Å². The van der Waals surface area contributed by atoms with Gasteiger partial charge >= 0.3 is 0 Å². The third-order valence-electron chi connectivity index (χ3n) is 10.0. The average molecular weight is 505 g/mol. The van der Waals surface area contributed by atoms with Gasteiger partial charge in [-0.1, -0.05) is 0 Å². The largest absolute Gasteiger partial charge is 0.303 e. The molecule has 6 nitrogen and oxygen atoms in total. The molecule has 0 aromatic rings. The van der Waals surface area contributed by atoms with E-state index in [4.69, 9.17) is 0 Å². The lowest BCUT2D eigenvalue weighted by molar-refractivity contribution is -0.113. The fourth-order valence-electron chi connectivity index (χ4n) is 7.95. The molecule has 0 N–H and O–H groups in total. The topological polar surface area (TPSA) is 19.4 Å². The van der Waals surface area contributed by atoms with Crippen molar-refractivity contribution in [1.82, 2.24) is 29.4 Å². The van der Waals surface area contributed by atoms with E-state index in [0.29, 0.717) is 16.6 Å². The summed E-state index contributed by atoms with van der Waals surface area (Å²) in [5, 5.41) is 0. The predicted molar refractivity (Wildman–Crippen MR) is 154 cm³/mol. The highest BCUT2D eigenvalue weighted by Gasteiger charge is 2.48. The lowest BCUT2D eigenvalue weighted by Crippen LogP contribution is -2.72. The first-order valence-corrected chi connectivity index (χ1v) is 14.9. The van der Waals surface area contributed by atoms with E-state index in [1.165, 1.54) is 58.5 Å². The number of rotatable bonds is 0. The highest BCUT2D eigenvalue weighted by atomic mass is 15.4. The Bertz CT molecular complexity index is 710. The quantitative estimate of drug-likeness (QED) is 0.499. The van der Waals surface area contributed by atoms with E-state index in [0.717, 1.165) is 36.3 Å². The second-order valence-corrected chi connectivity index (χ2v) is 15.9. The number of fused-ring (bicyclic) bond motifs is 6. The number of piperidine rings is 2. The molecular weight excluding hydrogens is 444 g/mol. The summed E-state index contributed by atoms with van der Waals surface area (Å²) in [6.07, 6.45) is 4.26. The van der Waals surface area contributed by atoms with Crippen molar-refractivity contribution >= 4 is 0 Å². The summed E-state index contributed by atoms with van der Waals surface area (Å²) in [6.45, 7) is 28.6. The second-order valence-electron chi connectivity index (χ2n) is 15.9. The molecular formula is C30H60N6. The Morgan fingerprint density at radius 2 is 0.972 bits per heavy atom. The first-order chi connectivity index (χ1) is 16.4. The highest BCUT2D eigenvalue weighted by Crippen LogP contribution is 2.38. The molecule has 6 atom stereocenters. The van der Waals surface area contributed by atoms with Crippen LogP contribution in [0.1, 0.15) is 81.6 Å². The van der Waals surface area contributed by atoms with Crippen LogP contribution in [0.3, 0.4) is 0 Å². The van der Waals surface area contributed by atoms with E-state index < -0.39 is 0 Å². The molecule has 6 unspecified atom stereocenters. The monoisotopic (exact) mass is 504 g/mol. The van der Waals surface area contributed by atoms with Gasteiger partial charge < -0.3 is 9.80 Å². The van der Waals surface area contributed by atoms with Gasteiger partial charge in [-0.25, -0.2) is 0 Å². The molecule has 0 spiro atoms. The zero-order chi connectivity index (χ0) is 26.8. The van der Waals surface area contributed by atoms with Crippen molar-refractivity contribution < 1.29 is 0 Å². The minimum Gasteiger partial charge on any atom is -0.303 e. The molecule has 0 amide bonds. The van der Waals surface area contributed by atoms with Crippen molar-refractivity contribution in [3.8, 4) is 0 Å². The van der Waals surface area contributed by atoms with Crippen LogP contribution in [0, 0.1) is 0 Å². The summed E-state index contributed by atoms with van der Waals surface area (Å²) in [6, 6.07) is 5.06. The molecule has 8 aliphatic heterocycles. The van der Waals surface area contributed by atoms with Crippen LogP contribution < -0.4 is 0 Å². The van der Waals surface area contributed by atoms with Gasteiger partial charge in [-0.15, -0.1) is 0 Å². The molecule has 0 saturated carbocycles. The Labute approximate surface area is 224 Å². The molecule has 8 fully saturated rings. The number of likely N-dealkylation sites (N-methyl/N-ethyl adjacent to an activating group) is 3. The Morgan fingerprint density at radius 3 is 1.33 bits per heavy atom. The van der Waals surface area contributed by atoms with Gasteiger partial charge in [0.25, 0.3) is 0 Å². The minimum absolute atomic E-state index is 0.373. The Balaban J connectivity index is 0.000000127. The van der Waals surface area contributed by atoms with Crippen LogP contribution in [0.15, 0.2) is 0 Å². The Kier molecular flexibility index (Phi) is 8.04. The molecule has 210 valence electrons. The average Bonchev–Trinajstić information content (AvgIpc) is 3.32. The molecule has 8 saturated heterocycles. The highest BCUT2D eigenvalue weighted by molar-refractivity contribution is 5.05. The van der Waals surface area contributed by atoms with Crippen molar-refractivity contribution in [2.24, 2.45) is 0 Å². The van der Waals surface area contributed by atoms with Crippen molar-refractivity contribution in [3.05, 3.63) is 0 Å². The van der Waals surface area contributed by atoms with Crippen LogP contribution >= 0.6 is 0 Å². The molecule has 36 heavy (non-hydrogen) atoms. The van der Waals surface area contributed by atoms with E-state index in [9.17, 15) is 0 Å².